The minimum atomic E-state index is -0.651. The van der Waals surface area contributed by atoms with Gasteiger partial charge in [0.2, 0.25) is 6.79 Å². The quantitative estimate of drug-likeness (QED) is 0.484. The first-order chi connectivity index (χ1) is 12.9. The summed E-state index contributed by atoms with van der Waals surface area (Å²) < 4.78 is 10.3. The molecular weight excluding hydrogens is 354 g/mol. The van der Waals surface area contributed by atoms with E-state index in [-0.39, 0.29) is 23.8 Å². The van der Waals surface area contributed by atoms with Gasteiger partial charge in [-0.2, -0.15) is 0 Å². The van der Waals surface area contributed by atoms with Crippen LogP contribution in [-0.4, -0.2) is 23.5 Å². The Morgan fingerprint density at radius 1 is 1.11 bits per heavy atom. The van der Waals surface area contributed by atoms with Crippen LogP contribution in [0.5, 0.6) is 11.5 Å². The second-order valence-electron chi connectivity index (χ2n) is 5.66. The van der Waals surface area contributed by atoms with Crippen LogP contribution in [0, 0.1) is 17.0 Å². The second-order valence-corrected chi connectivity index (χ2v) is 5.66. The number of benzene rings is 2. The Bertz CT molecular complexity index is 937. The van der Waals surface area contributed by atoms with E-state index >= 15 is 0 Å². The summed E-state index contributed by atoms with van der Waals surface area (Å²) in [5, 5.41) is 11.2. The van der Waals surface area contributed by atoms with Gasteiger partial charge in [0.15, 0.2) is 11.5 Å². The summed E-state index contributed by atoms with van der Waals surface area (Å²) in [6.07, 6.45) is 2.33. The lowest BCUT2D eigenvalue weighted by atomic mass is 10.1. The van der Waals surface area contributed by atoms with E-state index in [1.807, 2.05) is 6.92 Å². The normalized spacial score (nSPS) is 12.0. The molecule has 0 saturated carbocycles. The van der Waals surface area contributed by atoms with Crippen molar-refractivity contribution in [2.75, 3.05) is 6.79 Å². The number of nitro groups is 1. The maximum Gasteiger partial charge on any atom is 0.280 e. The lowest BCUT2D eigenvalue weighted by Gasteiger charge is -2.05. The summed E-state index contributed by atoms with van der Waals surface area (Å²) in [5.74, 6) is -0.504. The average molecular weight is 369 g/mol. The molecule has 0 unspecified atom stereocenters. The molecule has 1 heterocycles. The molecule has 2 aromatic carbocycles. The fraction of sp³-hybridized carbons (Fsp3) is 0.111. The second kappa shape index (κ2) is 7.56. The lowest BCUT2D eigenvalue weighted by Crippen LogP contribution is -2.40. The highest BCUT2D eigenvalue weighted by Gasteiger charge is 2.22. The topological polar surface area (TPSA) is 120 Å². The number of nitrogens with zero attached hydrogens (tertiary/aromatic N) is 1. The predicted molar refractivity (Wildman–Crippen MR) is 95.0 cm³/mol. The predicted octanol–water partition coefficient (Wildman–Crippen LogP) is 2.11. The fourth-order valence-corrected chi connectivity index (χ4v) is 2.34. The maximum absolute atomic E-state index is 11.9. The third kappa shape index (κ3) is 4.21. The first-order valence-corrected chi connectivity index (χ1v) is 7.87. The summed E-state index contributed by atoms with van der Waals surface area (Å²) in [7, 11) is 0. The van der Waals surface area contributed by atoms with Crippen molar-refractivity contribution in [1.29, 1.82) is 0 Å². The molecule has 0 bridgehead atoms. The van der Waals surface area contributed by atoms with E-state index in [0.29, 0.717) is 11.3 Å². The number of hydrazine groups is 1. The molecule has 0 spiro atoms. The van der Waals surface area contributed by atoms with Gasteiger partial charge in [-0.3, -0.25) is 30.6 Å². The van der Waals surface area contributed by atoms with Crippen molar-refractivity contribution in [3.8, 4) is 11.5 Å². The molecule has 0 saturated heterocycles. The highest BCUT2D eigenvalue weighted by Crippen LogP contribution is 2.38. The number of nitrogens with one attached hydrogen (secondary N) is 2. The van der Waals surface area contributed by atoms with Gasteiger partial charge in [-0.05, 0) is 31.2 Å². The van der Waals surface area contributed by atoms with Crippen molar-refractivity contribution in [3.63, 3.8) is 0 Å². The van der Waals surface area contributed by atoms with Gasteiger partial charge in [0.25, 0.3) is 17.5 Å². The Balaban J connectivity index is 1.65. The van der Waals surface area contributed by atoms with Crippen molar-refractivity contribution in [3.05, 3.63) is 69.3 Å². The average Bonchev–Trinajstić information content (AvgIpc) is 3.11. The van der Waals surface area contributed by atoms with E-state index in [9.17, 15) is 19.7 Å². The highest BCUT2D eigenvalue weighted by atomic mass is 16.7. The molecule has 0 fully saturated rings. The minimum absolute atomic E-state index is 0.0226. The number of amides is 2. The first-order valence-electron chi connectivity index (χ1n) is 7.87. The summed E-state index contributed by atoms with van der Waals surface area (Å²) in [6, 6.07) is 9.45. The van der Waals surface area contributed by atoms with Gasteiger partial charge < -0.3 is 9.47 Å². The van der Waals surface area contributed by atoms with Crippen LogP contribution in [0.2, 0.25) is 0 Å². The van der Waals surface area contributed by atoms with E-state index < -0.39 is 16.7 Å². The van der Waals surface area contributed by atoms with Gasteiger partial charge in [-0.1, -0.05) is 17.7 Å². The standard InChI is InChI=1S/C18H15N3O6/c1-11-2-4-12(5-3-11)18(23)20-19-17(22)7-6-13-8-15-16(27-10-26-15)9-14(13)21(24)25/h2-9H,10H2,1H3,(H,19,22)(H,20,23)/b7-6+. The van der Waals surface area contributed by atoms with Crippen LogP contribution in [0.3, 0.4) is 0 Å². The van der Waals surface area contributed by atoms with Crippen LogP contribution < -0.4 is 20.3 Å². The zero-order valence-electron chi connectivity index (χ0n) is 14.2. The van der Waals surface area contributed by atoms with Gasteiger partial charge in [0, 0.05) is 11.6 Å². The van der Waals surface area contributed by atoms with Gasteiger partial charge in [0.1, 0.15) is 0 Å². The molecule has 9 nitrogen and oxygen atoms in total. The SMILES string of the molecule is Cc1ccc(C(=O)NNC(=O)/C=C/c2cc3c(cc2[N+](=O)[O-])OCO3)cc1. The third-order valence-electron chi connectivity index (χ3n) is 3.75. The van der Waals surface area contributed by atoms with Crippen LogP contribution >= 0.6 is 0 Å². The lowest BCUT2D eigenvalue weighted by molar-refractivity contribution is -0.385. The molecule has 0 radical (unpaired) electrons. The number of fused-ring (bicyclic) bond motifs is 1. The number of hydrogen-bond acceptors (Lipinski definition) is 6. The summed E-state index contributed by atoms with van der Waals surface area (Å²) in [6.45, 7) is 1.87. The van der Waals surface area contributed by atoms with Gasteiger partial charge in [-0.15, -0.1) is 0 Å². The summed E-state index contributed by atoms with van der Waals surface area (Å²) in [5.41, 5.74) is 5.81. The Morgan fingerprint density at radius 2 is 1.78 bits per heavy atom. The zero-order chi connectivity index (χ0) is 19.4. The smallest absolute Gasteiger partial charge is 0.280 e. The number of nitro benzene ring substituents is 1. The summed E-state index contributed by atoms with van der Waals surface area (Å²) in [4.78, 5) is 34.4. The molecular formula is C18H15N3O6. The van der Waals surface area contributed by atoms with Crippen molar-refractivity contribution in [2.45, 2.75) is 6.92 Å². The number of hydrogen-bond donors (Lipinski definition) is 2. The molecule has 9 heteroatoms. The number of aryl methyl sites for hydroxylation is 1. The van der Waals surface area contributed by atoms with Crippen LogP contribution in [0.4, 0.5) is 5.69 Å². The third-order valence-corrected chi connectivity index (χ3v) is 3.75. The van der Waals surface area contributed by atoms with E-state index in [1.165, 1.54) is 18.2 Å². The molecule has 0 aliphatic carbocycles. The van der Waals surface area contributed by atoms with Gasteiger partial charge >= 0.3 is 0 Å². The molecule has 0 atom stereocenters. The molecule has 2 N–H and O–H groups in total. The van der Waals surface area contributed by atoms with Crippen LogP contribution in [0.1, 0.15) is 21.5 Å². The first kappa shape index (κ1) is 17.9. The molecule has 2 aromatic rings. The van der Waals surface area contributed by atoms with Crippen LogP contribution in [0.25, 0.3) is 6.08 Å². The monoisotopic (exact) mass is 369 g/mol. The molecule has 1 aliphatic rings. The molecule has 0 aromatic heterocycles. The van der Waals surface area contributed by atoms with E-state index in [0.717, 1.165) is 11.6 Å². The van der Waals surface area contributed by atoms with Crippen molar-refractivity contribution < 1.29 is 24.0 Å². The number of ether oxygens (including phenoxy) is 2. The molecule has 3 rings (SSSR count). The Hall–Kier alpha value is -3.88. The van der Waals surface area contributed by atoms with E-state index in [1.54, 1.807) is 24.3 Å². The van der Waals surface area contributed by atoms with E-state index in [4.69, 9.17) is 9.47 Å². The Morgan fingerprint density at radius 3 is 2.44 bits per heavy atom. The minimum Gasteiger partial charge on any atom is -0.454 e. The van der Waals surface area contributed by atoms with Crippen molar-refractivity contribution >= 4 is 23.6 Å². The fourth-order valence-electron chi connectivity index (χ4n) is 2.34. The van der Waals surface area contributed by atoms with Gasteiger partial charge in [-0.25, -0.2) is 0 Å². The molecule has 1 aliphatic heterocycles. The van der Waals surface area contributed by atoms with Crippen LogP contribution in [0.15, 0.2) is 42.5 Å². The van der Waals surface area contributed by atoms with Crippen molar-refractivity contribution in [1.82, 2.24) is 10.9 Å². The molecule has 27 heavy (non-hydrogen) atoms. The van der Waals surface area contributed by atoms with Gasteiger partial charge in [0.05, 0.1) is 16.6 Å². The Kier molecular flexibility index (Phi) is 5.02. The van der Waals surface area contributed by atoms with E-state index in [2.05, 4.69) is 10.9 Å². The molecule has 138 valence electrons. The highest BCUT2D eigenvalue weighted by molar-refractivity contribution is 5.98. The van der Waals surface area contributed by atoms with Crippen LogP contribution in [-0.2, 0) is 4.79 Å². The van der Waals surface area contributed by atoms with Crippen molar-refractivity contribution in [2.24, 2.45) is 0 Å². The Labute approximate surface area is 153 Å². The maximum atomic E-state index is 11.9. The largest absolute Gasteiger partial charge is 0.454 e. The number of carbonyl (C=O) groups excluding carboxylic acids is 2. The zero-order valence-corrected chi connectivity index (χ0v) is 14.2. The number of carbonyl (C=O) groups is 2. The summed E-state index contributed by atoms with van der Waals surface area (Å²) >= 11 is 0. The molecule has 2 amide bonds. The number of rotatable bonds is 4.